The van der Waals surface area contributed by atoms with Crippen molar-refractivity contribution in [2.45, 2.75) is 11.1 Å². The molecule has 0 N–H and O–H groups in total. The molecule has 0 unspecified atom stereocenters. The number of halogens is 3. The monoisotopic (exact) mass is 237 g/mol. The van der Waals surface area contributed by atoms with Crippen LogP contribution in [0.5, 0.6) is 0 Å². The molecule has 7 heteroatoms. The van der Waals surface area contributed by atoms with Crippen molar-refractivity contribution >= 4 is 11.8 Å². The summed E-state index contributed by atoms with van der Waals surface area (Å²) in [5, 5.41) is 10.0. The molecule has 0 aliphatic heterocycles. The second-order valence-corrected chi connectivity index (χ2v) is 3.65. The van der Waals surface area contributed by atoms with Crippen LogP contribution in [0.2, 0.25) is 0 Å². The van der Waals surface area contributed by atoms with Gasteiger partial charge in [0.1, 0.15) is 0 Å². The van der Waals surface area contributed by atoms with E-state index >= 15 is 0 Å². The maximum Gasteiger partial charge on any atom is 0.416 e. The van der Waals surface area contributed by atoms with E-state index in [1.165, 1.54) is 12.1 Å². The number of alkyl halides is 3. The second-order valence-electron chi connectivity index (χ2n) is 2.63. The molecule has 15 heavy (non-hydrogen) atoms. The van der Waals surface area contributed by atoms with E-state index in [4.69, 9.17) is 0 Å². The average molecular weight is 237 g/mol. The number of rotatable bonds is 3. The van der Waals surface area contributed by atoms with E-state index in [2.05, 4.69) is 0 Å². The highest BCUT2D eigenvalue weighted by atomic mass is 32.2. The zero-order chi connectivity index (χ0) is 11.5. The molecule has 3 nitrogen and oxygen atoms in total. The molecule has 1 rings (SSSR count). The molecule has 0 radical (unpaired) electrons. The Hall–Kier alpha value is -1.24. The van der Waals surface area contributed by atoms with Gasteiger partial charge in [0.15, 0.2) is 0 Å². The first-order valence-corrected chi connectivity index (χ1v) is 4.80. The molecule has 0 saturated carbocycles. The van der Waals surface area contributed by atoms with Crippen LogP contribution in [0.3, 0.4) is 0 Å². The van der Waals surface area contributed by atoms with E-state index in [9.17, 15) is 23.3 Å². The summed E-state index contributed by atoms with van der Waals surface area (Å²) in [5.41, 5.74) is -0.796. The highest BCUT2D eigenvalue weighted by Crippen LogP contribution is 2.31. The van der Waals surface area contributed by atoms with Gasteiger partial charge in [-0.15, -0.1) is 0 Å². The summed E-state index contributed by atoms with van der Waals surface area (Å²) in [6, 6.07) is 4.46. The largest absolute Gasteiger partial charge is 0.416 e. The predicted octanol–water partition coefficient (Wildman–Crippen LogP) is 3.03. The maximum atomic E-state index is 12.2. The van der Waals surface area contributed by atoms with Gasteiger partial charge in [0.05, 0.1) is 5.56 Å². The van der Waals surface area contributed by atoms with Crippen molar-refractivity contribution < 1.29 is 18.1 Å². The third-order valence-electron chi connectivity index (χ3n) is 1.50. The van der Waals surface area contributed by atoms with Crippen molar-refractivity contribution in [3.8, 4) is 0 Å². The normalized spacial score (nSPS) is 11.4. The van der Waals surface area contributed by atoms with Crippen LogP contribution in [0.4, 0.5) is 13.2 Å². The van der Waals surface area contributed by atoms with Crippen molar-refractivity contribution in [3.63, 3.8) is 0 Å². The molecule has 0 saturated heterocycles. The van der Waals surface area contributed by atoms with Crippen LogP contribution >= 0.6 is 11.8 Å². The molecule has 1 aromatic carbocycles. The van der Waals surface area contributed by atoms with Crippen molar-refractivity contribution in [2.24, 2.45) is 0 Å². The Balaban J connectivity index is 2.79. The SMILES string of the molecule is O=[N+]([O-])CSc1cccc(C(F)(F)F)c1. The average Bonchev–Trinajstić information content (AvgIpc) is 2.14. The molecular weight excluding hydrogens is 231 g/mol. The standard InChI is InChI=1S/C8H6F3NO2S/c9-8(10,11)6-2-1-3-7(4-6)15-5-12(13)14/h1-4H,5H2. The third-order valence-corrected chi connectivity index (χ3v) is 2.43. The van der Waals surface area contributed by atoms with Crippen molar-refractivity contribution in [1.29, 1.82) is 0 Å². The Kier molecular flexibility index (Phi) is 3.57. The van der Waals surface area contributed by atoms with Gasteiger partial charge in [0.2, 0.25) is 0 Å². The number of thioether (sulfide) groups is 1. The topological polar surface area (TPSA) is 43.1 Å². The fourth-order valence-corrected chi connectivity index (χ4v) is 1.53. The molecule has 0 bridgehead atoms. The molecule has 0 aromatic heterocycles. The zero-order valence-electron chi connectivity index (χ0n) is 7.32. The quantitative estimate of drug-likeness (QED) is 0.351. The molecule has 1 aromatic rings. The number of hydrogen-bond acceptors (Lipinski definition) is 3. The number of benzene rings is 1. The number of nitro groups is 1. The summed E-state index contributed by atoms with van der Waals surface area (Å²) in [5.74, 6) is -0.443. The van der Waals surface area contributed by atoms with Gasteiger partial charge in [-0.05, 0) is 30.0 Å². The molecule has 0 amide bonds. The number of hydrogen-bond donors (Lipinski definition) is 0. The van der Waals surface area contributed by atoms with E-state index in [0.717, 1.165) is 23.9 Å². The predicted molar refractivity (Wildman–Crippen MR) is 49.2 cm³/mol. The van der Waals surface area contributed by atoms with Crippen LogP contribution in [0.25, 0.3) is 0 Å². The van der Waals surface area contributed by atoms with Crippen LogP contribution in [-0.4, -0.2) is 10.8 Å². The van der Waals surface area contributed by atoms with E-state index < -0.39 is 22.5 Å². The summed E-state index contributed by atoms with van der Waals surface area (Å²) in [4.78, 5) is 9.66. The maximum absolute atomic E-state index is 12.2. The van der Waals surface area contributed by atoms with Gasteiger partial charge in [-0.25, -0.2) is 0 Å². The fraction of sp³-hybridized carbons (Fsp3) is 0.250. The first-order chi connectivity index (χ1) is 6.89. The van der Waals surface area contributed by atoms with Gasteiger partial charge < -0.3 is 0 Å². The lowest BCUT2D eigenvalue weighted by Gasteiger charge is -2.07. The van der Waals surface area contributed by atoms with Crippen LogP contribution in [-0.2, 0) is 6.18 Å². The molecule has 0 spiro atoms. The first-order valence-electron chi connectivity index (χ1n) is 3.81. The lowest BCUT2D eigenvalue weighted by molar-refractivity contribution is -0.456. The highest BCUT2D eigenvalue weighted by molar-refractivity contribution is 7.99. The van der Waals surface area contributed by atoms with Crippen LogP contribution in [0.1, 0.15) is 5.56 Å². The molecule has 0 aliphatic rings. The van der Waals surface area contributed by atoms with E-state index in [1.54, 1.807) is 0 Å². The van der Waals surface area contributed by atoms with Gasteiger partial charge in [-0.3, -0.25) is 10.1 Å². The van der Waals surface area contributed by atoms with Crippen molar-refractivity contribution in [2.75, 3.05) is 5.88 Å². The molecule has 0 aliphatic carbocycles. The highest BCUT2D eigenvalue weighted by Gasteiger charge is 2.30. The summed E-state index contributed by atoms with van der Waals surface area (Å²) in [6.45, 7) is 0. The van der Waals surface area contributed by atoms with Gasteiger partial charge in [-0.2, -0.15) is 13.2 Å². The van der Waals surface area contributed by atoms with Gasteiger partial charge in [0.25, 0.3) is 5.88 Å². The Morgan fingerprint density at radius 3 is 2.60 bits per heavy atom. The fourth-order valence-electron chi connectivity index (χ4n) is 0.889. The lowest BCUT2D eigenvalue weighted by atomic mass is 10.2. The summed E-state index contributed by atoms with van der Waals surface area (Å²) in [6.07, 6.45) is -4.41. The molecule has 0 atom stereocenters. The van der Waals surface area contributed by atoms with E-state index in [0.29, 0.717) is 0 Å². The number of nitrogens with zero attached hydrogens (tertiary/aromatic N) is 1. The minimum absolute atomic E-state index is 0.238. The molecule has 0 heterocycles. The van der Waals surface area contributed by atoms with Crippen LogP contribution in [0.15, 0.2) is 29.2 Å². The Bertz CT molecular complexity index is 367. The lowest BCUT2D eigenvalue weighted by Crippen LogP contribution is -2.04. The smallest absolute Gasteiger partial charge is 0.264 e. The van der Waals surface area contributed by atoms with Crippen LogP contribution < -0.4 is 0 Å². The van der Waals surface area contributed by atoms with Gasteiger partial charge >= 0.3 is 6.18 Å². The minimum Gasteiger partial charge on any atom is -0.264 e. The summed E-state index contributed by atoms with van der Waals surface area (Å²) >= 11 is 0.760. The van der Waals surface area contributed by atoms with Gasteiger partial charge in [-0.1, -0.05) is 6.07 Å². The summed E-state index contributed by atoms with van der Waals surface area (Å²) in [7, 11) is 0. The van der Waals surface area contributed by atoms with Crippen molar-refractivity contribution in [1.82, 2.24) is 0 Å². The van der Waals surface area contributed by atoms with Crippen LogP contribution in [0, 0.1) is 10.1 Å². The summed E-state index contributed by atoms with van der Waals surface area (Å²) < 4.78 is 36.7. The Morgan fingerprint density at radius 2 is 2.07 bits per heavy atom. The molecule has 0 fully saturated rings. The van der Waals surface area contributed by atoms with Crippen molar-refractivity contribution in [3.05, 3.63) is 39.9 Å². The molecular formula is C8H6F3NO2S. The van der Waals surface area contributed by atoms with E-state index in [-0.39, 0.29) is 4.90 Å². The third kappa shape index (κ3) is 3.78. The minimum atomic E-state index is -4.41. The first kappa shape index (κ1) is 11.8. The Labute approximate surface area is 87.4 Å². The van der Waals surface area contributed by atoms with Gasteiger partial charge in [0, 0.05) is 9.82 Å². The Morgan fingerprint density at radius 1 is 1.40 bits per heavy atom. The van der Waals surface area contributed by atoms with E-state index in [1.807, 2.05) is 0 Å². The molecule has 82 valence electrons. The zero-order valence-corrected chi connectivity index (χ0v) is 8.14. The second kappa shape index (κ2) is 4.52.